The second-order valence-electron chi connectivity index (χ2n) is 4.26. The molecular formula is C13H16ClNO. The molecule has 1 aromatic heterocycles. The Kier molecular flexibility index (Phi) is 3.22. The predicted molar refractivity (Wildman–Crippen MR) is 68.1 cm³/mol. The van der Waals surface area contributed by atoms with Crippen LogP contribution < -0.4 is 0 Å². The smallest absolute Gasteiger partial charge is 0.0674 e. The lowest BCUT2D eigenvalue weighted by Gasteiger charge is -2.09. The molecule has 0 atom stereocenters. The molecule has 0 spiro atoms. The molecule has 0 saturated heterocycles. The highest BCUT2D eigenvalue weighted by molar-refractivity contribution is 6.35. The Balaban J connectivity index is 2.71. The summed E-state index contributed by atoms with van der Waals surface area (Å²) in [7, 11) is 0. The number of aromatic nitrogens is 1. The molecule has 2 rings (SSSR count). The van der Waals surface area contributed by atoms with Crippen molar-refractivity contribution >= 4 is 22.5 Å². The molecule has 86 valence electrons. The van der Waals surface area contributed by atoms with Gasteiger partial charge in [0.2, 0.25) is 0 Å². The number of rotatable bonds is 3. The summed E-state index contributed by atoms with van der Waals surface area (Å²) >= 11 is 6.24. The van der Waals surface area contributed by atoms with E-state index in [1.54, 1.807) is 0 Å². The number of hydrogen-bond donors (Lipinski definition) is 1. The molecule has 0 aliphatic carbocycles. The van der Waals surface area contributed by atoms with E-state index >= 15 is 0 Å². The number of benzene rings is 1. The van der Waals surface area contributed by atoms with Crippen molar-refractivity contribution in [2.75, 3.05) is 6.61 Å². The lowest BCUT2D eigenvalue weighted by molar-refractivity contribution is 0.300. The fourth-order valence-corrected chi connectivity index (χ4v) is 2.34. The average Bonchev–Trinajstić information content (AvgIpc) is 2.60. The number of hydrogen-bond acceptors (Lipinski definition) is 1. The van der Waals surface area contributed by atoms with Crippen molar-refractivity contribution < 1.29 is 5.11 Å². The van der Waals surface area contributed by atoms with Gasteiger partial charge in [0.05, 0.1) is 10.5 Å². The maximum absolute atomic E-state index is 9.05. The van der Waals surface area contributed by atoms with E-state index < -0.39 is 0 Å². The van der Waals surface area contributed by atoms with Crippen LogP contribution in [0.15, 0.2) is 24.4 Å². The Hall–Kier alpha value is -0.990. The maximum atomic E-state index is 9.05. The zero-order chi connectivity index (χ0) is 11.7. The van der Waals surface area contributed by atoms with Crippen LogP contribution in [0.4, 0.5) is 0 Å². The van der Waals surface area contributed by atoms with Crippen LogP contribution in [0.2, 0.25) is 5.02 Å². The Morgan fingerprint density at radius 3 is 2.75 bits per heavy atom. The molecule has 1 N–H and O–H groups in total. The van der Waals surface area contributed by atoms with Gasteiger partial charge in [0.1, 0.15) is 0 Å². The van der Waals surface area contributed by atoms with E-state index in [9.17, 15) is 0 Å². The third kappa shape index (κ3) is 1.83. The van der Waals surface area contributed by atoms with Gasteiger partial charge in [-0.25, -0.2) is 0 Å². The van der Waals surface area contributed by atoms with Gasteiger partial charge in [-0.2, -0.15) is 0 Å². The van der Waals surface area contributed by atoms with Crippen molar-refractivity contribution in [3.63, 3.8) is 0 Å². The van der Waals surface area contributed by atoms with Gasteiger partial charge >= 0.3 is 0 Å². The summed E-state index contributed by atoms with van der Waals surface area (Å²) in [6.07, 6.45) is 2.77. The largest absolute Gasteiger partial charge is 0.396 e. The van der Waals surface area contributed by atoms with Crippen LogP contribution in [-0.2, 0) is 6.42 Å². The number of halogens is 1. The van der Waals surface area contributed by atoms with Gasteiger partial charge in [-0.05, 0) is 31.9 Å². The van der Waals surface area contributed by atoms with Crippen LogP contribution in [0, 0.1) is 0 Å². The second kappa shape index (κ2) is 4.48. The minimum Gasteiger partial charge on any atom is -0.396 e. The highest BCUT2D eigenvalue weighted by Crippen LogP contribution is 2.30. The van der Waals surface area contributed by atoms with E-state index in [2.05, 4.69) is 30.7 Å². The minimum atomic E-state index is 0.170. The number of nitrogens with zero attached hydrogens (tertiary/aromatic N) is 1. The quantitative estimate of drug-likeness (QED) is 0.870. The normalized spacial score (nSPS) is 11.6. The van der Waals surface area contributed by atoms with Crippen molar-refractivity contribution in [3.05, 3.63) is 35.0 Å². The lowest BCUT2D eigenvalue weighted by atomic mass is 10.1. The molecule has 1 heterocycles. The van der Waals surface area contributed by atoms with Crippen LogP contribution in [0.5, 0.6) is 0 Å². The van der Waals surface area contributed by atoms with Crippen LogP contribution in [0.25, 0.3) is 10.9 Å². The van der Waals surface area contributed by atoms with Crippen LogP contribution in [0.1, 0.15) is 25.5 Å². The van der Waals surface area contributed by atoms with Crippen LogP contribution in [0.3, 0.4) is 0 Å². The zero-order valence-corrected chi connectivity index (χ0v) is 10.3. The first-order valence-corrected chi connectivity index (χ1v) is 5.91. The zero-order valence-electron chi connectivity index (χ0n) is 9.57. The molecule has 0 saturated carbocycles. The molecule has 0 fully saturated rings. The summed E-state index contributed by atoms with van der Waals surface area (Å²) in [5, 5.41) is 11.0. The molecule has 2 aromatic rings. The molecule has 0 aliphatic heterocycles. The van der Waals surface area contributed by atoms with E-state index in [4.69, 9.17) is 16.7 Å². The summed E-state index contributed by atoms with van der Waals surface area (Å²) < 4.78 is 2.17. The van der Waals surface area contributed by atoms with Gasteiger partial charge in [0.15, 0.2) is 0 Å². The third-order valence-electron chi connectivity index (χ3n) is 2.82. The minimum absolute atomic E-state index is 0.170. The predicted octanol–water partition coefficient (Wildman–Crippen LogP) is 3.41. The summed E-state index contributed by atoms with van der Waals surface area (Å²) in [5.74, 6) is 0. The van der Waals surface area contributed by atoms with Gasteiger partial charge < -0.3 is 9.67 Å². The van der Waals surface area contributed by atoms with Crippen molar-refractivity contribution in [2.45, 2.75) is 26.3 Å². The Morgan fingerprint density at radius 1 is 1.38 bits per heavy atom. The van der Waals surface area contributed by atoms with Crippen LogP contribution in [-0.4, -0.2) is 16.3 Å². The molecule has 0 radical (unpaired) electrons. The fraction of sp³-hybridized carbons (Fsp3) is 0.385. The van der Waals surface area contributed by atoms with E-state index in [1.165, 1.54) is 0 Å². The highest BCUT2D eigenvalue weighted by atomic mass is 35.5. The van der Waals surface area contributed by atoms with E-state index in [0.29, 0.717) is 12.5 Å². The highest BCUT2D eigenvalue weighted by Gasteiger charge is 2.12. The SMILES string of the molecule is CC(C)n1cc(CCO)c2cccc(Cl)c21. The van der Waals surface area contributed by atoms with E-state index in [0.717, 1.165) is 21.5 Å². The topological polar surface area (TPSA) is 25.2 Å². The van der Waals surface area contributed by atoms with Gasteiger partial charge in [-0.1, -0.05) is 23.7 Å². The number of aliphatic hydroxyl groups excluding tert-OH is 1. The molecule has 0 aliphatic rings. The molecule has 0 amide bonds. The molecule has 16 heavy (non-hydrogen) atoms. The standard InChI is InChI=1S/C13H16ClNO/c1-9(2)15-8-10(6-7-16)11-4-3-5-12(14)13(11)15/h3-5,8-9,16H,6-7H2,1-2H3. The van der Waals surface area contributed by atoms with E-state index in [-0.39, 0.29) is 6.61 Å². The summed E-state index contributed by atoms with van der Waals surface area (Å²) in [5.41, 5.74) is 2.23. The number of fused-ring (bicyclic) bond motifs is 1. The molecule has 0 unspecified atom stereocenters. The van der Waals surface area contributed by atoms with Crippen molar-refractivity contribution in [1.82, 2.24) is 4.57 Å². The lowest BCUT2D eigenvalue weighted by Crippen LogP contribution is -1.98. The molecule has 1 aromatic carbocycles. The average molecular weight is 238 g/mol. The van der Waals surface area contributed by atoms with Crippen LogP contribution >= 0.6 is 11.6 Å². The summed E-state index contributed by atoms with van der Waals surface area (Å²) in [6.45, 7) is 4.43. The number of para-hydroxylation sites is 1. The Morgan fingerprint density at radius 2 is 2.12 bits per heavy atom. The van der Waals surface area contributed by atoms with Crippen molar-refractivity contribution in [2.24, 2.45) is 0 Å². The van der Waals surface area contributed by atoms with Crippen molar-refractivity contribution in [1.29, 1.82) is 0 Å². The third-order valence-corrected chi connectivity index (χ3v) is 3.13. The number of aliphatic hydroxyl groups is 1. The van der Waals surface area contributed by atoms with Gasteiger partial charge in [0, 0.05) is 24.2 Å². The Labute approximate surface area is 100 Å². The van der Waals surface area contributed by atoms with Gasteiger partial charge in [0.25, 0.3) is 0 Å². The molecule has 0 bridgehead atoms. The first-order valence-electron chi connectivity index (χ1n) is 5.54. The molecule has 3 heteroatoms. The summed E-state index contributed by atoms with van der Waals surface area (Å²) in [6, 6.07) is 6.29. The summed E-state index contributed by atoms with van der Waals surface area (Å²) in [4.78, 5) is 0. The van der Waals surface area contributed by atoms with Crippen molar-refractivity contribution in [3.8, 4) is 0 Å². The van der Waals surface area contributed by atoms with Gasteiger partial charge in [-0.15, -0.1) is 0 Å². The van der Waals surface area contributed by atoms with E-state index in [1.807, 2.05) is 12.1 Å². The maximum Gasteiger partial charge on any atom is 0.0674 e. The first-order chi connectivity index (χ1) is 7.65. The van der Waals surface area contributed by atoms with Gasteiger partial charge in [-0.3, -0.25) is 0 Å². The molecule has 2 nitrogen and oxygen atoms in total. The fourth-order valence-electron chi connectivity index (χ4n) is 2.07. The second-order valence-corrected chi connectivity index (χ2v) is 4.67. The Bertz CT molecular complexity index is 502. The first kappa shape index (κ1) is 11.5. The monoisotopic (exact) mass is 237 g/mol. The molecular weight excluding hydrogens is 222 g/mol.